The minimum absolute atomic E-state index is 0.00675. The van der Waals surface area contributed by atoms with Crippen LogP contribution in [0, 0.1) is 28.9 Å². The smallest absolute Gasteiger partial charge is 0.482 e. The van der Waals surface area contributed by atoms with E-state index in [4.69, 9.17) is 45.6 Å². The molecule has 5 aliphatic rings. The van der Waals surface area contributed by atoms with Gasteiger partial charge in [0.2, 0.25) is 5.91 Å². The van der Waals surface area contributed by atoms with Crippen molar-refractivity contribution in [3.8, 4) is 17.2 Å². The number of nitrogens with one attached hydrogen (secondary N) is 2. The minimum atomic E-state index is -1.74. The molecule has 328 valence electrons. The van der Waals surface area contributed by atoms with E-state index < -0.39 is 71.4 Å². The van der Waals surface area contributed by atoms with Crippen molar-refractivity contribution in [1.29, 1.82) is 0 Å². The van der Waals surface area contributed by atoms with Gasteiger partial charge in [-0.1, -0.05) is 31.5 Å². The molecule has 2 bridgehead atoms. The minimum Gasteiger partial charge on any atom is -0.495 e. The molecule has 5 amide bonds. The summed E-state index contributed by atoms with van der Waals surface area (Å²) in [5.74, 6) is -4.98. The molecule has 2 aliphatic heterocycles. The normalized spacial score (nSPS) is 24.0. The molecular weight excluding hydrogens is 807 g/mol. The van der Waals surface area contributed by atoms with Crippen molar-refractivity contribution in [2.24, 2.45) is 23.0 Å². The number of esters is 1. The van der Waals surface area contributed by atoms with E-state index in [0.717, 1.165) is 23.5 Å². The molecule has 3 saturated carbocycles. The van der Waals surface area contributed by atoms with Gasteiger partial charge in [0.05, 0.1) is 44.0 Å². The third-order valence-corrected chi connectivity index (χ3v) is 12.8. The first-order valence-electron chi connectivity index (χ1n) is 20.1. The maximum Gasteiger partial charge on any atom is 0.482 e. The molecule has 15 nitrogen and oxygen atoms in total. The van der Waals surface area contributed by atoms with Gasteiger partial charge in [-0.2, -0.15) is 0 Å². The Bertz CT molecular complexity index is 2020. The molecule has 19 heteroatoms. The highest BCUT2D eigenvalue weighted by atomic mass is 35.5. The summed E-state index contributed by atoms with van der Waals surface area (Å²) in [6.45, 7) is 12.2. The summed E-state index contributed by atoms with van der Waals surface area (Å²) in [5, 5.41) is 5.29. The second-order valence-electron chi connectivity index (χ2n) is 17.5. The Morgan fingerprint density at radius 3 is 2.32 bits per heavy atom. The third kappa shape index (κ3) is 8.31. The number of imide groups is 1. The predicted molar refractivity (Wildman–Crippen MR) is 217 cm³/mol. The SMILES string of the molecule is COc1c(F)cc(C(NC(=O)N2CCN(CCCN)C2=O)C(=O)NC(Cc2ccc(F)c(C(=O)OC(C)(C)C)c2OC)B2O[C@@H]3C[C@@H]4C[C@@H](C4(C)C)[C@]3(C)O2)c(Cl)c1OC. The van der Waals surface area contributed by atoms with E-state index in [0.29, 0.717) is 31.8 Å². The van der Waals surface area contributed by atoms with Crippen LogP contribution in [-0.2, 0) is 25.3 Å². The van der Waals surface area contributed by atoms with E-state index in [2.05, 4.69) is 24.5 Å². The fourth-order valence-corrected chi connectivity index (χ4v) is 9.56. The summed E-state index contributed by atoms with van der Waals surface area (Å²) in [7, 11) is 2.62. The number of nitrogens with zero attached hydrogens (tertiary/aromatic N) is 2. The van der Waals surface area contributed by atoms with Crippen molar-refractivity contribution in [3.05, 3.63) is 51.5 Å². The highest BCUT2D eigenvalue weighted by Crippen LogP contribution is 2.65. The summed E-state index contributed by atoms with van der Waals surface area (Å²) in [6.07, 6.45) is 1.68. The fraction of sp³-hybridized carbons (Fsp3) is 0.610. The van der Waals surface area contributed by atoms with Crippen LogP contribution in [0.3, 0.4) is 0 Å². The summed E-state index contributed by atoms with van der Waals surface area (Å²) in [4.78, 5) is 57.8. The lowest BCUT2D eigenvalue weighted by atomic mass is 9.43. The van der Waals surface area contributed by atoms with E-state index in [9.17, 15) is 19.2 Å². The van der Waals surface area contributed by atoms with Gasteiger partial charge in [0.25, 0.3) is 0 Å². The zero-order valence-electron chi connectivity index (χ0n) is 35.5. The van der Waals surface area contributed by atoms with Crippen molar-refractivity contribution in [2.45, 2.75) is 96.5 Å². The number of carbonyl (C=O) groups is 4. The van der Waals surface area contributed by atoms with Crippen molar-refractivity contribution >= 4 is 42.7 Å². The number of benzene rings is 2. The van der Waals surface area contributed by atoms with Gasteiger partial charge in [0.1, 0.15) is 28.8 Å². The van der Waals surface area contributed by atoms with E-state index in [-0.39, 0.29) is 70.3 Å². The number of rotatable bonds is 14. The zero-order valence-corrected chi connectivity index (χ0v) is 36.3. The van der Waals surface area contributed by atoms with Crippen LogP contribution in [0.1, 0.15) is 88.3 Å². The largest absolute Gasteiger partial charge is 0.495 e. The molecule has 0 spiro atoms. The first kappa shape index (κ1) is 45.1. The van der Waals surface area contributed by atoms with E-state index in [1.165, 1.54) is 32.3 Å². The van der Waals surface area contributed by atoms with Crippen LogP contribution in [-0.4, -0.2) is 112 Å². The van der Waals surface area contributed by atoms with Gasteiger partial charge in [-0.05, 0) is 94.9 Å². The van der Waals surface area contributed by atoms with Crippen LogP contribution in [0.4, 0.5) is 18.4 Å². The molecule has 6 atom stereocenters. The Labute approximate surface area is 354 Å². The van der Waals surface area contributed by atoms with Gasteiger partial charge >= 0.3 is 25.1 Å². The highest BCUT2D eigenvalue weighted by molar-refractivity contribution is 6.48. The van der Waals surface area contributed by atoms with E-state index >= 15 is 8.78 Å². The summed E-state index contributed by atoms with van der Waals surface area (Å²) >= 11 is 6.80. The monoisotopic (exact) mass is 861 g/mol. The number of amides is 5. The molecule has 2 aromatic carbocycles. The van der Waals surface area contributed by atoms with E-state index in [1.54, 1.807) is 20.8 Å². The molecule has 3 aliphatic carbocycles. The van der Waals surface area contributed by atoms with Crippen LogP contribution >= 0.6 is 11.6 Å². The van der Waals surface area contributed by atoms with Crippen molar-refractivity contribution in [3.63, 3.8) is 0 Å². The van der Waals surface area contributed by atoms with E-state index in [1.807, 2.05) is 6.92 Å². The Balaban J connectivity index is 1.40. The number of hydrogen-bond donors (Lipinski definition) is 3. The average Bonchev–Trinajstić information content (AvgIpc) is 3.74. The number of urea groups is 2. The fourth-order valence-electron chi connectivity index (χ4n) is 9.24. The molecule has 5 fully saturated rings. The van der Waals surface area contributed by atoms with Crippen LogP contribution in [0.2, 0.25) is 5.02 Å². The van der Waals surface area contributed by atoms with Gasteiger partial charge < -0.3 is 49.5 Å². The standard InChI is InChI=1S/C41H55BClF2N5O10/c1-39(2,3)58-36(52)29-24(44)12-11-21(32(29)55-7)17-28(42-59-27-19-22-18-26(40(22,4)5)41(27,6)60-42)47-35(51)31(23-20-25(45)33(56-8)34(57-9)30(23)43)48-37(53)50-16-15-49(38(50)54)14-10-13-46/h11-12,20,22,26-28,31H,10,13-19,46H2,1-9H3,(H,47,51)(H,48,53)/t22-,26-,27+,28?,31?,41-/m0/s1. The van der Waals surface area contributed by atoms with Crippen LogP contribution < -0.4 is 30.6 Å². The topological polar surface area (TPSA) is 180 Å². The van der Waals surface area contributed by atoms with Crippen LogP contribution in [0.15, 0.2) is 18.2 Å². The Kier molecular flexibility index (Phi) is 12.9. The molecular formula is C41H55BClF2N5O10. The predicted octanol–water partition coefficient (Wildman–Crippen LogP) is 5.43. The summed E-state index contributed by atoms with van der Waals surface area (Å²) < 4.78 is 66.3. The second-order valence-corrected chi connectivity index (χ2v) is 17.9. The first-order valence-corrected chi connectivity index (χ1v) is 20.5. The first-order chi connectivity index (χ1) is 28.2. The second kappa shape index (κ2) is 17.2. The lowest BCUT2D eigenvalue weighted by molar-refractivity contribution is -0.199. The maximum absolute atomic E-state index is 15.7. The zero-order chi connectivity index (χ0) is 44.1. The molecule has 2 unspecified atom stereocenters. The maximum atomic E-state index is 15.7. The van der Waals surface area contributed by atoms with Crippen molar-refractivity contribution in [1.82, 2.24) is 20.4 Å². The molecule has 7 rings (SSSR count). The number of halogens is 3. The van der Waals surface area contributed by atoms with Gasteiger partial charge in [-0.3, -0.25) is 4.79 Å². The lowest BCUT2D eigenvalue weighted by Gasteiger charge is -2.64. The molecule has 0 aromatic heterocycles. The van der Waals surface area contributed by atoms with Crippen molar-refractivity contribution < 1.29 is 56.2 Å². The molecule has 2 heterocycles. The Hall–Kier alpha value is -4.39. The molecule has 0 radical (unpaired) electrons. The number of methoxy groups -OCH3 is 3. The van der Waals surface area contributed by atoms with Gasteiger partial charge in [-0.15, -0.1) is 0 Å². The molecule has 2 saturated heterocycles. The van der Waals surface area contributed by atoms with Gasteiger partial charge in [0, 0.05) is 25.2 Å². The molecule has 4 N–H and O–H groups in total. The number of hydrogen-bond acceptors (Lipinski definition) is 11. The third-order valence-electron chi connectivity index (χ3n) is 12.4. The van der Waals surface area contributed by atoms with Crippen LogP contribution in [0.25, 0.3) is 0 Å². The average molecular weight is 862 g/mol. The number of ether oxygens (including phenoxy) is 4. The Morgan fingerprint density at radius 2 is 1.70 bits per heavy atom. The number of carbonyl (C=O) groups excluding carboxylic acids is 4. The number of nitrogens with two attached hydrogens (primary N) is 1. The Morgan fingerprint density at radius 1 is 1.02 bits per heavy atom. The lowest BCUT2D eigenvalue weighted by Crippen LogP contribution is -2.65. The summed E-state index contributed by atoms with van der Waals surface area (Å²) in [6, 6.07) is 0.160. The molecule has 2 aromatic rings. The molecule has 60 heavy (non-hydrogen) atoms. The van der Waals surface area contributed by atoms with Gasteiger partial charge in [0.15, 0.2) is 17.3 Å². The quantitative estimate of drug-likeness (QED) is 0.163. The highest BCUT2D eigenvalue weighted by Gasteiger charge is 2.68. The van der Waals surface area contributed by atoms with Crippen LogP contribution in [0.5, 0.6) is 17.2 Å². The van der Waals surface area contributed by atoms with Crippen molar-refractivity contribution in [2.75, 3.05) is 47.5 Å². The summed E-state index contributed by atoms with van der Waals surface area (Å²) in [5.41, 5.74) is 3.54. The van der Waals surface area contributed by atoms with Gasteiger partial charge in [-0.25, -0.2) is 28.1 Å².